The molecule has 0 radical (unpaired) electrons. The predicted molar refractivity (Wildman–Crippen MR) is 84.6 cm³/mol. The van der Waals surface area contributed by atoms with Crippen LogP contribution in [0.15, 0.2) is 54.6 Å². The van der Waals surface area contributed by atoms with Crippen LogP contribution in [-0.4, -0.2) is 22.3 Å². The highest BCUT2D eigenvalue weighted by Gasteiger charge is 2.11. The number of carbonyl (C=O) groups excluding carboxylic acids is 1. The van der Waals surface area contributed by atoms with Crippen molar-refractivity contribution in [2.75, 3.05) is 0 Å². The van der Waals surface area contributed by atoms with E-state index in [0.717, 1.165) is 5.56 Å². The molecule has 2 aromatic rings. The minimum absolute atomic E-state index is 0.328. The Morgan fingerprint density at radius 1 is 1.26 bits per heavy atom. The van der Waals surface area contributed by atoms with Gasteiger partial charge in [0.15, 0.2) is 0 Å². The van der Waals surface area contributed by atoms with Crippen molar-refractivity contribution in [3.8, 4) is 11.5 Å². The van der Waals surface area contributed by atoms with E-state index in [-0.39, 0.29) is 5.82 Å². The summed E-state index contributed by atoms with van der Waals surface area (Å²) in [5.41, 5.74) is 5.80. The molecule has 120 valence electrons. The molecule has 0 bridgehead atoms. The normalized spacial score (nSPS) is 12.1. The molecular formula is C17H17FN2O3. The molecule has 0 aliphatic rings. The number of benzene rings is 2. The first kappa shape index (κ1) is 16.5. The Kier molecular flexibility index (Phi) is 5.32. The Bertz CT molecular complexity index is 701. The van der Waals surface area contributed by atoms with E-state index in [9.17, 15) is 14.4 Å². The monoisotopic (exact) mass is 316 g/mol. The summed E-state index contributed by atoms with van der Waals surface area (Å²) in [5.74, 6) is 0.782. The van der Waals surface area contributed by atoms with E-state index in [0.29, 0.717) is 16.6 Å². The van der Waals surface area contributed by atoms with Crippen molar-refractivity contribution < 1.29 is 19.1 Å². The van der Waals surface area contributed by atoms with E-state index in [1.807, 2.05) is 6.07 Å². The zero-order chi connectivity index (χ0) is 16.8. The molecule has 0 unspecified atom stereocenters. The van der Waals surface area contributed by atoms with Crippen LogP contribution in [0.3, 0.4) is 0 Å². The molecule has 0 saturated carbocycles. The van der Waals surface area contributed by atoms with E-state index >= 15 is 0 Å². The fourth-order valence-corrected chi connectivity index (χ4v) is 1.85. The SMILES string of the molecule is C[C@H](/C=C/c1cccc(Oc2ccc(F)cc2)c1)N(O)C(N)=O. The standard InChI is InChI=1S/C17H17FN2O3/c1-12(20(22)17(19)21)5-6-13-3-2-4-16(11-13)23-15-9-7-14(18)8-10-15/h2-12,22H,1H3,(H2,19,21)/b6-5+/t12-/m1/s1. The summed E-state index contributed by atoms with van der Waals surface area (Å²) in [6.07, 6.45) is 3.36. The lowest BCUT2D eigenvalue weighted by atomic mass is 10.1. The molecule has 0 fully saturated rings. The minimum atomic E-state index is -0.921. The maximum atomic E-state index is 12.9. The number of hydrogen-bond donors (Lipinski definition) is 2. The van der Waals surface area contributed by atoms with Gasteiger partial charge in [0, 0.05) is 0 Å². The zero-order valence-corrected chi connectivity index (χ0v) is 12.5. The van der Waals surface area contributed by atoms with Crippen molar-refractivity contribution in [2.24, 2.45) is 5.73 Å². The van der Waals surface area contributed by atoms with Crippen LogP contribution in [0.25, 0.3) is 6.08 Å². The molecule has 23 heavy (non-hydrogen) atoms. The van der Waals surface area contributed by atoms with E-state index in [1.54, 1.807) is 37.3 Å². The van der Waals surface area contributed by atoms with Gasteiger partial charge in [-0.3, -0.25) is 5.21 Å². The van der Waals surface area contributed by atoms with Gasteiger partial charge >= 0.3 is 6.03 Å². The fraction of sp³-hybridized carbons (Fsp3) is 0.118. The van der Waals surface area contributed by atoms with Crippen molar-refractivity contribution in [3.63, 3.8) is 0 Å². The van der Waals surface area contributed by atoms with Gasteiger partial charge in [0.1, 0.15) is 17.3 Å². The predicted octanol–water partition coefficient (Wildman–Crippen LogP) is 3.79. The number of ether oxygens (including phenoxy) is 1. The Labute approximate surface area is 133 Å². The summed E-state index contributed by atoms with van der Waals surface area (Å²) in [6.45, 7) is 1.63. The van der Waals surface area contributed by atoms with Gasteiger partial charge in [0.2, 0.25) is 0 Å². The second kappa shape index (κ2) is 7.42. The van der Waals surface area contributed by atoms with Gasteiger partial charge in [-0.25, -0.2) is 9.18 Å². The van der Waals surface area contributed by atoms with Crippen molar-refractivity contribution >= 4 is 12.1 Å². The van der Waals surface area contributed by atoms with Crippen molar-refractivity contribution in [1.29, 1.82) is 0 Å². The van der Waals surface area contributed by atoms with Gasteiger partial charge in [0.25, 0.3) is 0 Å². The maximum absolute atomic E-state index is 12.9. The number of hydroxylamine groups is 2. The Morgan fingerprint density at radius 3 is 2.61 bits per heavy atom. The smallest absolute Gasteiger partial charge is 0.339 e. The van der Waals surface area contributed by atoms with E-state index in [2.05, 4.69) is 0 Å². The Balaban J connectivity index is 2.07. The van der Waals surface area contributed by atoms with E-state index in [1.165, 1.54) is 24.3 Å². The molecule has 1 atom stereocenters. The van der Waals surface area contributed by atoms with E-state index in [4.69, 9.17) is 10.5 Å². The molecule has 0 saturated heterocycles. The van der Waals surface area contributed by atoms with Crippen molar-refractivity contribution in [2.45, 2.75) is 13.0 Å². The Morgan fingerprint density at radius 2 is 1.96 bits per heavy atom. The summed E-state index contributed by atoms with van der Waals surface area (Å²) in [5, 5.41) is 9.84. The molecular weight excluding hydrogens is 299 g/mol. The first-order chi connectivity index (χ1) is 11.0. The van der Waals surface area contributed by atoms with Crippen LogP contribution in [0.1, 0.15) is 12.5 Å². The molecule has 0 aliphatic carbocycles. The molecule has 0 aromatic heterocycles. The number of hydrogen-bond acceptors (Lipinski definition) is 3. The lowest BCUT2D eigenvalue weighted by Crippen LogP contribution is -2.38. The third-order valence-electron chi connectivity index (χ3n) is 3.09. The lowest BCUT2D eigenvalue weighted by molar-refractivity contribution is -0.0560. The summed E-state index contributed by atoms with van der Waals surface area (Å²) in [6, 6.07) is 11.4. The first-order valence-electron chi connectivity index (χ1n) is 6.95. The number of rotatable bonds is 5. The van der Waals surface area contributed by atoms with Crippen LogP contribution >= 0.6 is 0 Å². The molecule has 2 rings (SSSR count). The van der Waals surface area contributed by atoms with Gasteiger partial charge in [0.05, 0.1) is 6.04 Å². The molecule has 6 heteroatoms. The summed E-state index contributed by atoms with van der Waals surface area (Å²) in [4.78, 5) is 10.9. The number of carbonyl (C=O) groups is 1. The molecule has 2 aromatic carbocycles. The summed E-state index contributed by atoms with van der Waals surface area (Å²) in [7, 11) is 0. The fourth-order valence-electron chi connectivity index (χ4n) is 1.85. The van der Waals surface area contributed by atoms with Crippen LogP contribution < -0.4 is 10.5 Å². The van der Waals surface area contributed by atoms with Gasteiger partial charge < -0.3 is 10.5 Å². The average Bonchev–Trinajstić information content (AvgIpc) is 2.54. The van der Waals surface area contributed by atoms with Crippen LogP contribution in [0.5, 0.6) is 11.5 Å². The summed E-state index contributed by atoms with van der Waals surface area (Å²) < 4.78 is 18.5. The lowest BCUT2D eigenvalue weighted by Gasteiger charge is -2.16. The van der Waals surface area contributed by atoms with Crippen molar-refractivity contribution in [3.05, 3.63) is 66.0 Å². The molecule has 5 nitrogen and oxygen atoms in total. The van der Waals surface area contributed by atoms with Crippen LogP contribution in [-0.2, 0) is 0 Å². The van der Waals surface area contributed by atoms with E-state index < -0.39 is 12.1 Å². The first-order valence-corrected chi connectivity index (χ1v) is 6.95. The third kappa shape index (κ3) is 4.82. The third-order valence-corrected chi connectivity index (χ3v) is 3.09. The molecule has 0 aliphatic heterocycles. The number of nitrogens with zero attached hydrogens (tertiary/aromatic N) is 1. The van der Waals surface area contributed by atoms with Crippen molar-refractivity contribution in [1.82, 2.24) is 5.06 Å². The molecule has 0 heterocycles. The maximum Gasteiger partial charge on any atom is 0.339 e. The quantitative estimate of drug-likeness (QED) is 0.651. The topological polar surface area (TPSA) is 75.8 Å². The summed E-state index contributed by atoms with van der Waals surface area (Å²) >= 11 is 0. The van der Waals surface area contributed by atoms with Gasteiger partial charge in [-0.2, -0.15) is 5.06 Å². The molecule has 3 N–H and O–H groups in total. The highest BCUT2D eigenvalue weighted by molar-refractivity contribution is 5.71. The second-order valence-electron chi connectivity index (χ2n) is 4.91. The highest BCUT2D eigenvalue weighted by atomic mass is 19.1. The number of urea groups is 1. The molecule has 2 amide bonds. The highest BCUT2D eigenvalue weighted by Crippen LogP contribution is 2.23. The van der Waals surface area contributed by atoms with Crippen LogP contribution in [0.2, 0.25) is 0 Å². The number of nitrogens with two attached hydrogens (primary N) is 1. The largest absolute Gasteiger partial charge is 0.457 e. The van der Waals surface area contributed by atoms with Gasteiger partial charge in [-0.15, -0.1) is 0 Å². The molecule has 0 spiro atoms. The zero-order valence-electron chi connectivity index (χ0n) is 12.5. The van der Waals surface area contributed by atoms with Gasteiger partial charge in [-0.05, 0) is 48.9 Å². The average molecular weight is 316 g/mol. The van der Waals surface area contributed by atoms with Crippen LogP contribution in [0, 0.1) is 5.82 Å². The van der Waals surface area contributed by atoms with Gasteiger partial charge in [-0.1, -0.05) is 24.3 Å². The number of primary amides is 1. The minimum Gasteiger partial charge on any atom is -0.457 e. The Hall–Kier alpha value is -2.86. The number of amides is 2. The second-order valence-corrected chi connectivity index (χ2v) is 4.91. The number of halogens is 1. The van der Waals surface area contributed by atoms with Crippen LogP contribution in [0.4, 0.5) is 9.18 Å².